The predicted molar refractivity (Wildman–Crippen MR) is 78.7 cm³/mol. The summed E-state index contributed by atoms with van der Waals surface area (Å²) in [5, 5.41) is 10.5. The number of rotatable bonds is 0. The fraction of sp³-hybridized carbons (Fsp3) is 0.538. The molecule has 1 aromatic rings. The average molecular weight is 318 g/mol. The molecular weight excluding hydrogens is 289 g/mol. The van der Waals surface area contributed by atoms with Gasteiger partial charge in [-0.25, -0.2) is 12.1 Å². The first kappa shape index (κ1) is 30.3. The summed E-state index contributed by atoms with van der Waals surface area (Å²) in [7, 11) is 10.5. The summed E-state index contributed by atoms with van der Waals surface area (Å²) in [4.78, 5) is 0. The second kappa shape index (κ2) is 55.9. The van der Waals surface area contributed by atoms with Crippen molar-refractivity contribution in [2.75, 3.05) is 42.3 Å². The van der Waals surface area contributed by atoms with Crippen molar-refractivity contribution >= 4 is 0 Å². The molecule has 0 atom stereocenters. The van der Waals surface area contributed by atoms with Gasteiger partial charge in [-0.2, -0.15) is 67.4 Å². The van der Waals surface area contributed by atoms with Crippen LogP contribution in [0.25, 0.3) is 16.0 Å². The molecule has 0 fully saturated rings. The molecule has 1 rings (SSSR count). The monoisotopic (exact) mass is 316 g/mol. The van der Waals surface area contributed by atoms with Gasteiger partial charge in [0, 0.05) is 26.2 Å². The van der Waals surface area contributed by atoms with Crippen LogP contribution < -0.4 is 0 Å². The first-order valence-electron chi connectivity index (χ1n) is 5.06. The molecule has 4 heteroatoms. The van der Waals surface area contributed by atoms with Gasteiger partial charge in [0.1, 0.15) is 0 Å². The van der Waals surface area contributed by atoms with Crippen molar-refractivity contribution in [3.8, 4) is 0 Å². The van der Waals surface area contributed by atoms with Gasteiger partial charge in [-0.15, -0.1) is 0 Å². The maximum atomic E-state index is 3.50. The Labute approximate surface area is 128 Å². The fourth-order valence-corrected chi connectivity index (χ4v) is 0.321. The Morgan fingerprint density at radius 1 is 0.706 bits per heavy atom. The molecule has 0 saturated carbocycles. The average Bonchev–Trinajstić information content (AvgIpc) is 2.81. The van der Waals surface area contributed by atoms with Crippen LogP contribution in [0.5, 0.6) is 0 Å². The Balaban J connectivity index is -0.0000000365. The molecular formula is C13H28N3Zr-5. The standard InChI is InChI=1S/C5H5.3C2H6N.C2H5.Zr/c1-2-4-5-3-1;3*1-3-2;1-2;/h1-5H;3*1-2H3;1H2,2H3;/q5*-1;. The zero-order valence-electron chi connectivity index (χ0n) is 12.4. The number of hydrogen-bond acceptors (Lipinski definition) is 0. The van der Waals surface area contributed by atoms with E-state index in [-0.39, 0.29) is 26.2 Å². The van der Waals surface area contributed by atoms with Gasteiger partial charge in [0.25, 0.3) is 0 Å². The summed E-state index contributed by atoms with van der Waals surface area (Å²) in [5.41, 5.74) is 0. The van der Waals surface area contributed by atoms with E-state index in [0.717, 1.165) is 0 Å². The molecule has 0 amide bonds. The van der Waals surface area contributed by atoms with Crippen molar-refractivity contribution in [3.63, 3.8) is 0 Å². The van der Waals surface area contributed by atoms with E-state index in [1.54, 1.807) is 49.2 Å². The minimum absolute atomic E-state index is 0. The summed E-state index contributed by atoms with van der Waals surface area (Å²) in [6.07, 6.45) is 0. The molecule has 0 aromatic heterocycles. The second-order valence-corrected chi connectivity index (χ2v) is 2.30. The smallest absolute Gasteiger partial charge is 0 e. The molecule has 0 bridgehead atoms. The van der Waals surface area contributed by atoms with E-state index in [1.165, 1.54) is 0 Å². The van der Waals surface area contributed by atoms with Gasteiger partial charge in [-0.1, -0.05) is 0 Å². The Kier molecular flexibility index (Phi) is 99.6. The summed E-state index contributed by atoms with van der Waals surface area (Å²) < 4.78 is 0. The molecule has 3 nitrogen and oxygen atoms in total. The largest absolute Gasteiger partial charge is 0.668 e. The van der Waals surface area contributed by atoms with Gasteiger partial charge in [0.2, 0.25) is 0 Å². The summed E-state index contributed by atoms with van der Waals surface area (Å²) >= 11 is 0. The molecule has 17 heavy (non-hydrogen) atoms. The van der Waals surface area contributed by atoms with E-state index >= 15 is 0 Å². The van der Waals surface area contributed by atoms with E-state index in [2.05, 4.69) is 22.9 Å². The van der Waals surface area contributed by atoms with Gasteiger partial charge in [0.05, 0.1) is 0 Å². The predicted octanol–water partition coefficient (Wildman–Crippen LogP) is 4.10. The first-order chi connectivity index (χ1) is 7.74. The number of hydrogen-bond donors (Lipinski definition) is 0. The van der Waals surface area contributed by atoms with Crippen molar-refractivity contribution in [3.05, 3.63) is 53.2 Å². The summed E-state index contributed by atoms with van der Waals surface area (Å²) in [6, 6.07) is 10.0. The van der Waals surface area contributed by atoms with Crippen LogP contribution in [-0.4, -0.2) is 42.3 Å². The van der Waals surface area contributed by atoms with Gasteiger partial charge < -0.3 is 22.9 Å². The molecule has 0 unspecified atom stereocenters. The molecule has 0 heterocycles. The van der Waals surface area contributed by atoms with Crippen LogP contribution in [0.1, 0.15) is 6.92 Å². The quantitative estimate of drug-likeness (QED) is 0.647. The van der Waals surface area contributed by atoms with Crippen LogP contribution in [0, 0.1) is 6.92 Å². The van der Waals surface area contributed by atoms with Gasteiger partial charge in [-0.05, 0) is 0 Å². The van der Waals surface area contributed by atoms with E-state index in [0.29, 0.717) is 0 Å². The Hall–Kier alpha value is 0.113. The van der Waals surface area contributed by atoms with E-state index in [4.69, 9.17) is 0 Å². The molecule has 0 spiro atoms. The SMILES string of the molecule is C[N-]C.C[N-]C.C[N-]C.[CH2-]C.[Zr].c1cc[cH-]c1. The Morgan fingerprint density at radius 3 is 0.941 bits per heavy atom. The normalized spacial score (nSPS) is 5.88. The van der Waals surface area contributed by atoms with Gasteiger partial charge in [-0.3, -0.25) is 0 Å². The van der Waals surface area contributed by atoms with Crippen LogP contribution in [-0.2, 0) is 26.2 Å². The van der Waals surface area contributed by atoms with Crippen LogP contribution in [0.3, 0.4) is 0 Å². The van der Waals surface area contributed by atoms with Crippen molar-refractivity contribution in [1.29, 1.82) is 0 Å². The third-order valence-electron chi connectivity index (χ3n) is 0.556. The third-order valence-corrected chi connectivity index (χ3v) is 0.556. The van der Waals surface area contributed by atoms with Crippen LogP contribution in [0.2, 0.25) is 0 Å². The Bertz CT molecular complexity index is 100. The van der Waals surface area contributed by atoms with Crippen molar-refractivity contribution in [2.24, 2.45) is 0 Å². The Morgan fingerprint density at radius 2 is 0.882 bits per heavy atom. The topological polar surface area (TPSA) is 42.3 Å². The molecule has 0 radical (unpaired) electrons. The minimum atomic E-state index is 0. The van der Waals surface area contributed by atoms with E-state index < -0.39 is 0 Å². The summed E-state index contributed by atoms with van der Waals surface area (Å²) in [6.45, 7) is 5.00. The van der Waals surface area contributed by atoms with Gasteiger partial charge >= 0.3 is 0 Å². The van der Waals surface area contributed by atoms with E-state index in [1.807, 2.05) is 30.3 Å². The van der Waals surface area contributed by atoms with Gasteiger partial charge in [0.15, 0.2) is 0 Å². The van der Waals surface area contributed by atoms with Crippen LogP contribution in [0.15, 0.2) is 30.3 Å². The maximum absolute atomic E-state index is 3.50. The van der Waals surface area contributed by atoms with E-state index in [9.17, 15) is 0 Å². The second-order valence-electron chi connectivity index (χ2n) is 2.30. The molecule has 0 aliphatic carbocycles. The van der Waals surface area contributed by atoms with Crippen LogP contribution >= 0.6 is 0 Å². The molecule has 0 aliphatic heterocycles. The van der Waals surface area contributed by atoms with Crippen LogP contribution in [0.4, 0.5) is 0 Å². The molecule has 104 valence electrons. The fourth-order valence-electron chi connectivity index (χ4n) is 0.321. The molecule has 1 aromatic carbocycles. The molecule has 0 aliphatic rings. The molecule has 0 saturated heterocycles. The number of nitrogens with zero attached hydrogens (tertiary/aromatic N) is 3. The van der Waals surface area contributed by atoms with Crippen molar-refractivity contribution in [2.45, 2.75) is 6.92 Å². The van der Waals surface area contributed by atoms with Crippen molar-refractivity contribution in [1.82, 2.24) is 0 Å². The maximum Gasteiger partial charge on any atom is 0 e. The zero-order chi connectivity index (χ0) is 13.7. The molecule has 0 N–H and O–H groups in total. The third kappa shape index (κ3) is 123. The minimum Gasteiger partial charge on any atom is -0.668 e. The van der Waals surface area contributed by atoms with Crippen molar-refractivity contribution < 1.29 is 26.2 Å². The zero-order valence-corrected chi connectivity index (χ0v) is 14.9. The first-order valence-corrected chi connectivity index (χ1v) is 5.06. The summed E-state index contributed by atoms with van der Waals surface area (Å²) in [5.74, 6) is 0.